The molecule has 4 nitrogen and oxygen atoms in total. The van der Waals surface area contributed by atoms with E-state index in [1.54, 1.807) is 6.07 Å². The van der Waals surface area contributed by atoms with Crippen molar-refractivity contribution in [1.82, 2.24) is 5.32 Å². The van der Waals surface area contributed by atoms with Gasteiger partial charge in [-0.05, 0) is 38.4 Å². The summed E-state index contributed by atoms with van der Waals surface area (Å²) < 4.78 is 10.7. The zero-order valence-electron chi connectivity index (χ0n) is 11.5. The lowest BCUT2D eigenvalue weighted by atomic mass is 10.0. The second kappa shape index (κ2) is 6.57. The van der Waals surface area contributed by atoms with Crippen LogP contribution < -0.4 is 10.1 Å². The van der Waals surface area contributed by atoms with Crippen LogP contribution in [0, 0.1) is 0 Å². The maximum atomic E-state index is 11.7. The number of ether oxygens (including phenoxy) is 2. The predicted molar refractivity (Wildman–Crippen MR) is 73.5 cm³/mol. The molecule has 1 aliphatic rings. The number of hydrogen-bond donors (Lipinski definition) is 1. The first-order chi connectivity index (χ1) is 9.22. The van der Waals surface area contributed by atoms with Crippen molar-refractivity contribution in [1.29, 1.82) is 0 Å². The van der Waals surface area contributed by atoms with Crippen molar-refractivity contribution in [3.63, 3.8) is 0 Å². The summed E-state index contributed by atoms with van der Waals surface area (Å²) in [5, 5.41) is 3.46. The van der Waals surface area contributed by atoms with E-state index in [9.17, 15) is 4.79 Å². The molecule has 0 aromatic heterocycles. The second-order valence-corrected chi connectivity index (χ2v) is 4.87. The summed E-state index contributed by atoms with van der Waals surface area (Å²) in [7, 11) is 1.38. The van der Waals surface area contributed by atoms with Crippen LogP contribution in [0.4, 0.5) is 0 Å². The first-order valence-corrected chi connectivity index (χ1v) is 6.79. The lowest BCUT2D eigenvalue weighted by Crippen LogP contribution is -2.44. The molecule has 19 heavy (non-hydrogen) atoms. The van der Waals surface area contributed by atoms with Crippen LogP contribution >= 0.6 is 0 Å². The number of carbonyl (C=O) groups is 1. The summed E-state index contributed by atoms with van der Waals surface area (Å²) in [6.45, 7) is 3.08. The number of para-hydroxylation sites is 1. The lowest BCUT2D eigenvalue weighted by Gasteiger charge is -2.29. The first-order valence-electron chi connectivity index (χ1n) is 6.79. The fourth-order valence-corrected chi connectivity index (χ4v) is 2.41. The van der Waals surface area contributed by atoms with Crippen LogP contribution in [0.2, 0.25) is 0 Å². The van der Waals surface area contributed by atoms with Crippen LogP contribution in [0.3, 0.4) is 0 Å². The molecule has 2 rings (SSSR count). The molecule has 1 aliphatic heterocycles. The molecular weight excluding hydrogens is 242 g/mol. The van der Waals surface area contributed by atoms with Crippen LogP contribution in [-0.4, -0.2) is 31.8 Å². The van der Waals surface area contributed by atoms with Gasteiger partial charge in [-0.2, -0.15) is 0 Å². The number of rotatable bonds is 4. The average Bonchev–Trinajstić information content (AvgIpc) is 2.48. The van der Waals surface area contributed by atoms with Crippen molar-refractivity contribution in [2.24, 2.45) is 0 Å². The molecule has 1 aromatic rings. The van der Waals surface area contributed by atoms with Crippen molar-refractivity contribution >= 4 is 5.97 Å². The standard InChI is InChI=1S/C15H21NO3/c1-11(13-8-5-6-10-16-13)19-14-9-4-3-7-12(14)15(17)18-2/h3-4,7,9,11,13,16H,5-6,8,10H2,1-2H3. The maximum Gasteiger partial charge on any atom is 0.341 e. The Morgan fingerprint density at radius 3 is 2.84 bits per heavy atom. The number of piperidine rings is 1. The number of nitrogens with one attached hydrogen (secondary N) is 1. The van der Waals surface area contributed by atoms with Gasteiger partial charge in [0.1, 0.15) is 17.4 Å². The Morgan fingerprint density at radius 2 is 2.16 bits per heavy atom. The Kier molecular flexibility index (Phi) is 4.80. The van der Waals surface area contributed by atoms with Crippen molar-refractivity contribution in [3.05, 3.63) is 29.8 Å². The van der Waals surface area contributed by atoms with E-state index in [1.807, 2.05) is 25.1 Å². The summed E-state index contributed by atoms with van der Waals surface area (Å²) in [4.78, 5) is 11.7. The van der Waals surface area contributed by atoms with Crippen molar-refractivity contribution < 1.29 is 14.3 Å². The van der Waals surface area contributed by atoms with Gasteiger partial charge < -0.3 is 14.8 Å². The topological polar surface area (TPSA) is 47.6 Å². The second-order valence-electron chi connectivity index (χ2n) is 4.87. The molecule has 0 spiro atoms. The SMILES string of the molecule is COC(=O)c1ccccc1OC(C)C1CCCCN1. The minimum absolute atomic E-state index is 0.0334. The van der Waals surface area contributed by atoms with Crippen LogP contribution in [-0.2, 0) is 4.74 Å². The molecule has 0 amide bonds. The molecule has 0 radical (unpaired) electrons. The van der Waals surface area contributed by atoms with Crippen LogP contribution in [0.15, 0.2) is 24.3 Å². The molecule has 2 atom stereocenters. The van der Waals surface area contributed by atoms with Gasteiger partial charge in [-0.25, -0.2) is 4.79 Å². The van der Waals surface area contributed by atoms with Gasteiger partial charge in [-0.15, -0.1) is 0 Å². The third kappa shape index (κ3) is 3.47. The van der Waals surface area contributed by atoms with Gasteiger partial charge >= 0.3 is 5.97 Å². The highest BCUT2D eigenvalue weighted by Gasteiger charge is 2.22. The zero-order chi connectivity index (χ0) is 13.7. The van der Waals surface area contributed by atoms with E-state index in [0.29, 0.717) is 17.4 Å². The van der Waals surface area contributed by atoms with Gasteiger partial charge in [0, 0.05) is 6.04 Å². The summed E-state index contributed by atoms with van der Waals surface area (Å²) >= 11 is 0. The monoisotopic (exact) mass is 263 g/mol. The van der Waals surface area contributed by atoms with Crippen molar-refractivity contribution in [2.75, 3.05) is 13.7 Å². The number of benzene rings is 1. The Morgan fingerprint density at radius 1 is 1.37 bits per heavy atom. The van der Waals surface area contributed by atoms with E-state index < -0.39 is 0 Å². The summed E-state index contributed by atoms with van der Waals surface area (Å²) in [6.07, 6.45) is 3.60. The fraction of sp³-hybridized carbons (Fsp3) is 0.533. The maximum absolute atomic E-state index is 11.7. The molecule has 104 valence electrons. The summed E-state index contributed by atoms with van der Waals surface area (Å²) in [5.74, 6) is 0.230. The quantitative estimate of drug-likeness (QED) is 0.847. The summed E-state index contributed by atoms with van der Waals surface area (Å²) in [5.41, 5.74) is 0.479. The number of esters is 1. The van der Waals surface area contributed by atoms with Crippen molar-refractivity contribution in [3.8, 4) is 5.75 Å². The van der Waals surface area contributed by atoms with Gasteiger partial charge in [-0.1, -0.05) is 18.6 Å². The van der Waals surface area contributed by atoms with Gasteiger partial charge in [0.05, 0.1) is 7.11 Å². The minimum Gasteiger partial charge on any atom is -0.488 e. The average molecular weight is 263 g/mol. The predicted octanol–water partition coefficient (Wildman–Crippen LogP) is 2.38. The number of methoxy groups -OCH3 is 1. The van der Waals surface area contributed by atoms with E-state index >= 15 is 0 Å². The molecule has 1 saturated heterocycles. The highest BCUT2D eigenvalue weighted by molar-refractivity contribution is 5.92. The fourth-order valence-electron chi connectivity index (χ4n) is 2.41. The van der Waals surface area contributed by atoms with E-state index in [1.165, 1.54) is 20.0 Å². The first kappa shape index (κ1) is 13.9. The molecule has 1 N–H and O–H groups in total. The van der Waals surface area contributed by atoms with Gasteiger partial charge in [0.15, 0.2) is 0 Å². The highest BCUT2D eigenvalue weighted by Crippen LogP contribution is 2.22. The Balaban J connectivity index is 2.07. The highest BCUT2D eigenvalue weighted by atomic mass is 16.5. The van der Waals surface area contributed by atoms with Crippen molar-refractivity contribution in [2.45, 2.75) is 38.3 Å². The molecule has 0 saturated carbocycles. The lowest BCUT2D eigenvalue weighted by molar-refractivity contribution is 0.0590. The molecule has 1 heterocycles. The van der Waals surface area contributed by atoms with E-state index in [4.69, 9.17) is 9.47 Å². The molecule has 4 heteroatoms. The molecular formula is C15H21NO3. The largest absolute Gasteiger partial charge is 0.488 e. The van der Waals surface area contributed by atoms with E-state index in [-0.39, 0.29) is 12.1 Å². The number of carbonyl (C=O) groups excluding carboxylic acids is 1. The molecule has 0 aliphatic carbocycles. The van der Waals surface area contributed by atoms with Gasteiger partial charge in [0.2, 0.25) is 0 Å². The zero-order valence-corrected chi connectivity index (χ0v) is 11.5. The van der Waals surface area contributed by atoms with E-state index in [2.05, 4.69) is 5.32 Å². The molecule has 1 fully saturated rings. The Bertz CT molecular complexity index is 427. The minimum atomic E-state index is -0.362. The molecule has 1 aromatic carbocycles. The third-order valence-corrected chi connectivity index (χ3v) is 3.52. The van der Waals surface area contributed by atoms with Gasteiger partial charge in [0.25, 0.3) is 0 Å². The van der Waals surface area contributed by atoms with Crippen LogP contribution in [0.1, 0.15) is 36.5 Å². The Labute approximate surface area is 114 Å². The normalized spacial score (nSPS) is 20.6. The van der Waals surface area contributed by atoms with E-state index in [0.717, 1.165) is 13.0 Å². The smallest absolute Gasteiger partial charge is 0.341 e. The van der Waals surface area contributed by atoms with Crippen LogP contribution in [0.25, 0.3) is 0 Å². The molecule has 2 unspecified atom stereocenters. The van der Waals surface area contributed by atoms with Crippen LogP contribution in [0.5, 0.6) is 5.75 Å². The Hall–Kier alpha value is -1.55. The summed E-state index contributed by atoms with van der Waals surface area (Å²) in [6, 6.07) is 7.55. The van der Waals surface area contributed by atoms with Gasteiger partial charge in [-0.3, -0.25) is 0 Å². The third-order valence-electron chi connectivity index (χ3n) is 3.52. The molecule has 0 bridgehead atoms. The number of hydrogen-bond acceptors (Lipinski definition) is 4.